The molecule has 0 N–H and O–H groups in total. The molecular formula is C22H29N3O2. The highest BCUT2D eigenvalue weighted by Gasteiger charge is 2.38. The molecule has 2 aliphatic carbocycles. The number of aromatic nitrogens is 2. The van der Waals surface area contributed by atoms with E-state index in [1.54, 1.807) is 17.0 Å². The maximum atomic E-state index is 13.0. The summed E-state index contributed by atoms with van der Waals surface area (Å²) < 4.78 is 1.58. The predicted molar refractivity (Wildman–Crippen MR) is 107 cm³/mol. The van der Waals surface area contributed by atoms with Crippen LogP contribution >= 0.6 is 0 Å². The van der Waals surface area contributed by atoms with Crippen LogP contribution in [0.25, 0.3) is 10.9 Å². The Morgan fingerprint density at radius 3 is 2.44 bits per heavy atom. The highest BCUT2D eigenvalue weighted by atomic mass is 16.2. The lowest BCUT2D eigenvalue weighted by Gasteiger charge is -2.37. The molecule has 0 spiro atoms. The molecule has 5 heteroatoms. The second kappa shape index (κ2) is 7.83. The standard InChI is InChI=1S/C22H29N3O2/c1-2-16-7-9-17(10-8-16)25(18-11-12-18)21(26)13-14-24-15-23-20-6-4-3-5-19(20)22(24)27/h3-6,15-18H,2,7-14H2,1H3. The Hall–Kier alpha value is -2.17. The van der Waals surface area contributed by atoms with Gasteiger partial charge in [0.15, 0.2) is 0 Å². The van der Waals surface area contributed by atoms with Crippen LogP contribution in [0.5, 0.6) is 0 Å². The van der Waals surface area contributed by atoms with Gasteiger partial charge in [-0.05, 0) is 56.6 Å². The fourth-order valence-corrected chi connectivity index (χ4v) is 4.50. The summed E-state index contributed by atoms with van der Waals surface area (Å²) in [5.74, 6) is 1.04. The van der Waals surface area contributed by atoms with Crippen molar-refractivity contribution in [3.05, 3.63) is 40.9 Å². The van der Waals surface area contributed by atoms with E-state index in [9.17, 15) is 9.59 Å². The Morgan fingerprint density at radius 2 is 1.78 bits per heavy atom. The van der Waals surface area contributed by atoms with E-state index in [2.05, 4.69) is 16.8 Å². The summed E-state index contributed by atoms with van der Waals surface area (Å²) in [7, 11) is 0. The zero-order valence-electron chi connectivity index (χ0n) is 16.1. The van der Waals surface area contributed by atoms with Crippen LogP contribution in [0.4, 0.5) is 0 Å². The van der Waals surface area contributed by atoms with E-state index in [0.29, 0.717) is 36.0 Å². The van der Waals surface area contributed by atoms with Gasteiger partial charge in [0.05, 0.1) is 17.2 Å². The van der Waals surface area contributed by atoms with E-state index in [1.165, 1.54) is 19.3 Å². The fraction of sp³-hybridized carbons (Fsp3) is 0.591. The smallest absolute Gasteiger partial charge is 0.261 e. The Labute approximate surface area is 160 Å². The second-order valence-electron chi connectivity index (χ2n) is 8.13. The van der Waals surface area contributed by atoms with Crippen molar-refractivity contribution in [1.29, 1.82) is 0 Å². The molecule has 0 unspecified atom stereocenters. The maximum absolute atomic E-state index is 13.0. The third kappa shape index (κ3) is 3.92. The molecule has 0 aliphatic heterocycles. The van der Waals surface area contributed by atoms with E-state index in [1.807, 2.05) is 18.2 Å². The van der Waals surface area contributed by atoms with Gasteiger partial charge in [0, 0.05) is 25.0 Å². The third-order valence-corrected chi connectivity index (χ3v) is 6.31. The Balaban J connectivity index is 1.43. The van der Waals surface area contributed by atoms with Crippen LogP contribution in [0.3, 0.4) is 0 Å². The Morgan fingerprint density at radius 1 is 1.11 bits per heavy atom. The van der Waals surface area contributed by atoms with Gasteiger partial charge in [0.25, 0.3) is 5.56 Å². The van der Waals surface area contributed by atoms with E-state index in [4.69, 9.17) is 0 Å². The van der Waals surface area contributed by atoms with Gasteiger partial charge in [0.2, 0.25) is 5.91 Å². The van der Waals surface area contributed by atoms with Crippen molar-refractivity contribution in [3.8, 4) is 0 Å². The molecule has 0 bridgehead atoms. The van der Waals surface area contributed by atoms with Gasteiger partial charge >= 0.3 is 0 Å². The first-order valence-corrected chi connectivity index (χ1v) is 10.4. The van der Waals surface area contributed by atoms with E-state index in [-0.39, 0.29) is 11.5 Å². The van der Waals surface area contributed by atoms with Gasteiger partial charge in [-0.1, -0.05) is 25.5 Å². The summed E-state index contributed by atoms with van der Waals surface area (Å²) in [6.07, 6.45) is 10.2. The Kier molecular flexibility index (Phi) is 5.28. The number of fused-ring (bicyclic) bond motifs is 1. The topological polar surface area (TPSA) is 55.2 Å². The van der Waals surface area contributed by atoms with Gasteiger partial charge in [-0.3, -0.25) is 14.2 Å². The van der Waals surface area contributed by atoms with Gasteiger partial charge in [-0.2, -0.15) is 0 Å². The minimum atomic E-state index is -0.0603. The Bertz CT molecular complexity index is 863. The number of aryl methyl sites for hydroxylation is 1. The molecule has 2 fully saturated rings. The first kappa shape index (κ1) is 18.2. The van der Waals surface area contributed by atoms with Crippen molar-refractivity contribution in [2.24, 2.45) is 5.92 Å². The molecule has 1 amide bonds. The van der Waals surface area contributed by atoms with Crippen LogP contribution in [0.1, 0.15) is 58.3 Å². The zero-order valence-corrected chi connectivity index (χ0v) is 16.1. The van der Waals surface area contributed by atoms with Crippen molar-refractivity contribution in [2.75, 3.05) is 0 Å². The van der Waals surface area contributed by atoms with Crippen LogP contribution < -0.4 is 5.56 Å². The van der Waals surface area contributed by atoms with Crippen LogP contribution in [-0.2, 0) is 11.3 Å². The molecule has 1 aromatic carbocycles. The summed E-state index contributed by atoms with van der Waals surface area (Å²) in [5.41, 5.74) is 0.646. The molecule has 2 saturated carbocycles. The number of hydrogen-bond acceptors (Lipinski definition) is 3. The minimum absolute atomic E-state index is 0.0603. The van der Waals surface area contributed by atoms with Gasteiger partial charge < -0.3 is 4.90 Å². The molecule has 0 saturated heterocycles. The average molecular weight is 367 g/mol. The molecule has 0 atom stereocenters. The molecule has 1 aromatic heterocycles. The summed E-state index contributed by atoms with van der Waals surface area (Å²) in [6.45, 7) is 2.67. The lowest BCUT2D eigenvalue weighted by molar-refractivity contribution is -0.135. The highest BCUT2D eigenvalue weighted by Crippen LogP contribution is 2.36. The van der Waals surface area contributed by atoms with Crippen LogP contribution in [0.15, 0.2) is 35.4 Å². The van der Waals surface area contributed by atoms with E-state index in [0.717, 1.165) is 31.6 Å². The van der Waals surface area contributed by atoms with Crippen molar-refractivity contribution in [3.63, 3.8) is 0 Å². The molecule has 144 valence electrons. The molecular weight excluding hydrogens is 338 g/mol. The van der Waals surface area contributed by atoms with Crippen LogP contribution in [0.2, 0.25) is 0 Å². The van der Waals surface area contributed by atoms with Gasteiger partial charge in [-0.15, -0.1) is 0 Å². The maximum Gasteiger partial charge on any atom is 0.261 e. The first-order valence-electron chi connectivity index (χ1n) is 10.4. The number of hydrogen-bond donors (Lipinski definition) is 0. The summed E-state index contributed by atoms with van der Waals surface area (Å²) in [5, 5.41) is 0.615. The van der Waals surface area contributed by atoms with Crippen LogP contribution in [-0.4, -0.2) is 32.4 Å². The van der Waals surface area contributed by atoms with Crippen molar-refractivity contribution < 1.29 is 4.79 Å². The summed E-state index contributed by atoms with van der Waals surface area (Å²) in [6, 6.07) is 8.21. The molecule has 27 heavy (non-hydrogen) atoms. The fourth-order valence-electron chi connectivity index (χ4n) is 4.50. The third-order valence-electron chi connectivity index (χ3n) is 6.31. The number of rotatable bonds is 6. The number of benzene rings is 1. The zero-order chi connectivity index (χ0) is 18.8. The molecule has 2 aromatic rings. The monoisotopic (exact) mass is 367 g/mol. The first-order chi connectivity index (χ1) is 13.2. The second-order valence-corrected chi connectivity index (χ2v) is 8.13. The number of amides is 1. The largest absolute Gasteiger partial charge is 0.337 e. The SMILES string of the molecule is CCC1CCC(N(C(=O)CCn2cnc3ccccc3c2=O)C2CC2)CC1. The quantitative estimate of drug-likeness (QED) is 0.781. The van der Waals surface area contributed by atoms with Crippen LogP contribution in [0, 0.1) is 5.92 Å². The summed E-state index contributed by atoms with van der Waals surface area (Å²) >= 11 is 0. The molecule has 4 rings (SSSR count). The van der Waals surface area contributed by atoms with E-state index < -0.39 is 0 Å². The number of para-hydroxylation sites is 1. The molecule has 2 aliphatic rings. The number of carbonyl (C=O) groups is 1. The molecule has 5 nitrogen and oxygen atoms in total. The lowest BCUT2D eigenvalue weighted by Crippen LogP contribution is -2.44. The minimum Gasteiger partial charge on any atom is -0.337 e. The lowest BCUT2D eigenvalue weighted by atomic mass is 9.83. The van der Waals surface area contributed by atoms with Gasteiger partial charge in [0.1, 0.15) is 0 Å². The summed E-state index contributed by atoms with van der Waals surface area (Å²) in [4.78, 5) is 32.2. The normalized spacial score (nSPS) is 22.7. The molecule has 1 heterocycles. The van der Waals surface area contributed by atoms with Gasteiger partial charge in [-0.25, -0.2) is 4.98 Å². The van der Waals surface area contributed by atoms with Crippen molar-refractivity contribution >= 4 is 16.8 Å². The number of carbonyl (C=O) groups excluding carboxylic acids is 1. The predicted octanol–water partition coefficient (Wildman–Crippen LogP) is 3.75. The number of nitrogens with zero attached hydrogens (tertiary/aromatic N) is 3. The van der Waals surface area contributed by atoms with Crippen molar-refractivity contribution in [2.45, 2.75) is 76.9 Å². The highest BCUT2D eigenvalue weighted by molar-refractivity contribution is 5.78. The molecule has 0 radical (unpaired) electrons. The van der Waals surface area contributed by atoms with E-state index >= 15 is 0 Å². The average Bonchev–Trinajstić information content (AvgIpc) is 3.53. The van der Waals surface area contributed by atoms with Crippen molar-refractivity contribution in [1.82, 2.24) is 14.5 Å².